The van der Waals surface area contributed by atoms with Gasteiger partial charge in [0, 0.05) is 17.8 Å². The molecular formula is C20H20N4O3S. The SMILES string of the molecule is NC(=O)c1c(NC(=O)CCn2cnc3ccccc3c2=O)sc2c1CCCC2. The molecule has 1 aliphatic rings. The zero-order chi connectivity index (χ0) is 19.7. The Kier molecular flexibility index (Phi) is 4.95. The van der Waals surface area contributed by atoms with Crippen molar-refractivity contribution in [2.75, 3.05) is 5.32 Å². The number of nitrogens with two attached hydrogens (primary N) is 1. The Balaban J connectivity index is 1.50. The zero-order valence-electron chi connectivity index (χ0n) is 15.2. The number of primary amides is 1. The number of para-hydroxylation sites is 1. The molecule has 7 nitrogen and oxygen atoms in total. The predicted octanol–water partition coefficient (Wildman–Crippen LogP) is 2.46. The Hall–Kier alpha value is -3.00. The number of anilines is 1. The van der Waals surface area contributed by atoms with Crippen LogP contribution in [-0.4, -0.2) is 21.4 Å². The smallest absolute Gasteiger partial charge is 0.261 e. The molecule has 4 rings (SSSR count). The second-order valence-corrected chi connectivity index (χ2v) is 7.94. The number of hydrogen-bond acceptors (Lipinski definition) is 5. The molecule has 0 fully saturated rings. The van der Waals surface area contributed by atoms with E-state index in [9.17, 15) is 14.4 Å². The van der Waals surface area contributed by atoms with Crippen molar-refractivity contribution >= 4 is 39.1 Å². The van der Waals surface area contributed by atoms with E-state index >= 15 is 0 Å². The van der Waals surface area contributed by atoms with Crippen LogP contribution in [0.3, 0.4) is 0 Å². The molecule has 1 aromatic carbocycles. The van der Waals surface area contributed by atoms with Crippen LogP contribution >= 0.6 is 11.3 Å². The van der Waals surface area contributed by atoms with E-state index < -0.39 is 5.91 Å². The summed E-state index contributed by atoms with van der Waals surface area (Å²) in [5.74, 6) is -0.772. The van der Waals surface area contributed by atoms with Gasteiger partial charge in [-0.1, -0.05) is 12.1 Å². The summed E-state index contributed by atoms with van der Waals surface area (Å²) < 4.78 is 1.43. The monoisotopic (exact) mass is 396 g/mol. The van der Waals surface area contributed by atoms with Crippen molar-refractivity contribution in [3.05, 3.63) is 57.0 Å². The predicted molar refractivity (Wildman–Crippen MR) is 109 cm³/mol. The third-order valence-electron chi connectivity index (χ3n) is 4.98. The third-order valence-corrected chi connectivity index (χ3v) is 6.19. The maximum Gasteiger partial charge on any atom is 0.261 e. The molecule has 0 saturated carbocycles. The summed E-state index contributed by atoms with van der Waals surface area (Å²) in [5, 5.41) is 3.86. The van der Waals surface area contributed by atoms with Gasteiger partial charge in [-0.15, -0.1) is 11.3 Å². The normalized spacial score (nSPS) is 13.3. The molecule has 28 heavy (non-hydrogen) atoms. The van der Waals surface area contributed by atoms with Crippen molar-refractivity contribution in [2.24, 2.45) is 5.73 Å². The number of amides is 2. The minimum Gasteiger partial charge on any atom is -0.365 e. The number of aryl methyl sites for hydroxylation is 2. The Bertz CT molecular complexity index is 1130. The Morgan fingerprint density at radius 3 is 2.82 bits per heavy atom. The molecule has 144 valence electrons. The first-order valence-electron chi connectivity index (χ1n) is 9.23. The van der Waals surface area contributed by atoms with Crippen molar-refractivity contribution in [2.45, 2.75) is 38.6 Å². The van der Waals surface area contributed by atoms with Gasteiger partial charge in [0.15, 0.2) is 0 Å². The van der Waals surface area contributed by atoms with Gasteiger partial charge in [-0.05, 0) is 43.4 Å². The summed E-state index contributed by atoms with van der Waals surface area (Å²) in [7, 11) is 0. The summed E-state index contributed by atoms with van der Waals surface area (Å²) in [5.41, 5.74) is 7.43. The van der Waals surface area contributed by atoms with E-state index in [0.29, 0.717) is 21.5 Å². The molecule has 0 aliphatic heterocycles. The molecular weight excluding hydrogens is 376 g/mol. The summed E-state index contributed by atoms with van der Waals surface area (Å²) in [6, 6.07) is 7.10. The van der Waals surface area contributed by atoms with Crippen LogP contribution in [0.15, 0.2) is 35.4 Å². The molecule has 3 N–H and O–H groups in total. The number of rotatable bonds is 5. The number of hydrogen-bond donors (Lipinski definition) is 2. The molecule has 0 radical (unpaired) electrons. The average Bonchev–Trinajstić information content (AvgIpc) is 3.05. The van der Waals surface area contributed by atoms with E-state index in [1.807, 2.05) is 6.07 Å². The van der Waals surface area contributed by atoms with Crippen LogP contribution in [0.1, 0.15) is 40.1 Å². The summed E-state index contributed by atoms with van der Waals surface area (Å²) in [6.45, 7) is 0.208. The lowest BCUT2D eigenvalue weighted by Crippen LogP contribution is -2.24. The third kappa shape index (κ3) is 3.43. The van der Waals surface area contributed by atoms with Crippen LogP contribution in [0.2, 0.25) is 0 Å². The Morgan fingerprint density at radius 2 is 2.00 bits per heavy atom. The van der Waals surface area contributed by atoms with Crippen LogP contribution in [0.25, 0.3) is 10.9 Å². The molecule has 1 aliphatic carbocycles. The molecule has 2 aromatic heterocycles. The van der Waals surface area contributed by atoms with E-state index in [-0.39, 0.29) is 24.4 Å². The number of thiophene rings is 1. The largest absolute Gasteiger partial charge is 0.365 e. The molecule has 0 atom stereocenters. The molecule has 0 saturated heterocycles. The lowest BCUT2D eigenvalue weighted by molar-refractivity contribution is -0.116. The fraction of sp³-hybridized carbons (Fsp3) is 0.300. The Morgan fingerprint density at radius 1 is 1.21 bits per heavy atom. The number of carbonyl (C=O) groups is 2. The molecule has 8 heteroatoms. The fourth-order valence-electron chi connectivity index (χ4n) is 3.59. The number of nitrogens with zero attached hydrogens (tertiary/aromatic N) is 2. The van der Waals surface area contributed by atoms with Gasteiger partial charge in [0.25, 0.3) is 11.5 Å². The van der Waals surface area contributed by atoms with Crippen molar-refractivity contribution in [3.63, 3.8) is 0 Å². The molecule has 0 spiro atoms. The fourth-order valence-corrected chi connectivity index (χ4v) is 4.90. The van der Waals surface area contributed by atoms with Gasteiger partial charge < -0.3 is 11.1 Å². The summed E-state index contributed by atoms with van der Waals surface area (Å²) in [4.78, 5) is 42.3. The molecule has 0 unspecified atom stereocenters. The van der Waals surface area contributed by atoms with Gasteiger partial charge in [0.05, 0.1) is 22.8 Å². The maximum absolute atomic E-state index is 12.5. The van der Waals surface area contributed by atoms with Crippen molar-refractivity contribution in [1.29, 1.82) is 0 Å². The highest BCUT2D eigenvalue weighted by Gasteiger charge is 2.24. The van der Waals surface area contributed by atoms with Gasteiger partial charge in [0.1, 0.15) is 5.00 Å². The molecule has 2 heterocycles. The van der Waals surface area contributed by atoms with Gasteiger partial charge in [0.2, 0.25) is 5.91 Å². The van der Waals surface area contributed by atoms with Gasteiger partial charge in [-0.25, -0.2) is 4.98 Å². The molecule has 3 aromatic rings. The number of carbonyl (C=O) groups excluding carboxylic acids is 2. The van der Waals surface area contributed by atoms with E-state index in [4.69, 9.17) is 5.73 Å². The first-order valence-corrected chi connectivity index (χ1v) is 10.0. The number of benzene rings is 1. The van der Waals surface area contributed by atoms with Crippen LogP contribution < -0.4 is 16.6 Å². The summed E-state index contributed by atoms with van der Waals surface area (Å²) in [6.07, 6.45) is 5.38. The highest BCUT2D eigenvalue weighted by Crippen LogP contribution is 2.37. The second kappa shape index (κ2) is 7.55. The van der Waals surface area contributed by atoms with Crippen LogP contribution in [0.5, 0.6) is 0 Å². The van der Waals surface area contributed by atoms with Crippen molar-refractivity contribution in [1.82, 2.24) is 9.55 Å². The van der Waals surface area contributed by atoms with Gasteiger partial charge in [-0.2, -0.15) is 0 Å². The van der Waals surface area contributed by atoms with E-state index in [2.05, 4.69) is 10.3 Å². The van der Waals surface area contributed by atoms with E-state index in [0.717, 1.165) is 36.1 Å². The second-order valence-electron chi connectivity index (χ2n) is 6.84. The minimum atomic E-state index is -0.510. The van der Waals surface area contributed by atoms with Crippen molar-refractivity contribution in [3.8, 4) is 0 Å². The Labute approximate surface area is 165 Å². The van der Waals surface area contributed by atoms with E-state index in [1.165, 1.54) is 22.2 Å². The van der Waals surface area contributed by atoms with Gasteiger partial charge in [-0.3, -0.25) is 19.0 Å². The zero-order valence-corrected chi connectivity index (χ0v) is 16.1. The lowest BCUT2D eigenvalue weighted by Gasteiger charge is -2.11. The lowest BCUT2D eigenvalue weighted by atomic mass is 9.95. The van der Waals surface area contributed by atoms with Crippen LogP contribution in [0.4, 0.5) is 5.00 Å². The standard InChI is InChI=1S/C20H20N4O3S/c21-18(26)17-13-6-2-4-8-15(13)28-19(17)23-16(25)9-10-24-11-22-14-7-3-1-5-12(14)20(24)27/h1,3,5,7,11H,2,4,6,8-10H2,(H2,21,26)(H,23,25). The average molecular weight is 396 g/mol. The topological polar surface area (TPSA) is 107 Å². The van der Waals surface area contributed by atoms with Crippen LogP contribution in [0, 0.1) is 0 Å². The van der Waals surface area contributed by atoms with Crippen LogP contribution in [-0.2, 0) is 24.2 Å². The molecule has 0 bridgehead atoms. The first kappa shape index (κ1) is 18.4. The quantitative estimate of drug-likeness (QED) is 0.691. The van der Waals surface area contributed by atoms with Gasteiger partial charge >= 0.3 is 0 Å². The number of fused-ring (bicyclic) bond motifs is 2. The minimum absolute atomic E-state index is 0.0979. The van der Waals surface area contributed by atoms with Crippen molar-refractivity contribution < 1.29 is 9.59 Å². The number of nitrogens with one attached hydrogen (secondary N) is 1. The highest BCUT2D eigenvalue weighted by atomic mass is 32.1. The highest BCUT2D eigenvalue weighted by molar-refractivity contribution is 7.17. The maximum atomic E-state index is 12.5. The summed E-state index contributed by atoms with van der Waals surface area (Å²) >= 11 is 1.43. The first-order chi connectivity index (χ1) is 13.5. The number of aromatic nitrogens is 2. The molecule has 2 amide bonds. The van der Waals surface area contributed by atoms with E-state index in [1.54, 1.807) is 18.2 Å².